The molecule has 21 heavy (non-hydrogen) atoms. The third-order valence-electron chi connectivity index (χ3n) is 3.84. The molecule has 0 aromatic carbocycles. The summed E-state index contributed by atoms with van der Waals surface area (Å²) in [6.45, 7) is 2.71. The van der Waals surface area contributed by atoms with E-state index in [2.05, 4.69) is 25.4 Å². The number of nitrogens with one attached hydrogen (secondary N) is 1. The smallest absolute Gasteiger partial charge is 0.187 e. The molecule has 3 heterocycles. The van der Waals surface area contributed by atoms with Crippen molar-refractivity contribution in [2.24, 2.45) is 0 Å². The van der Waals surface area contributed by atoms with Crippen molar-refractivity contribution in [2.75, 3.05) is 18.0 Å². The van der Waals surface area contributed by atoms with Gasteiger partial charge in [-0.05, 0) is 19.3 Å². The van der Waals surface area contributed by atoms with Crippen LogP contribution in [0.4, 0.5) is 10.2 Å². The summed E-state index contributed by atoms with van der Waals surface area (Å²) in [6.07, 6.45) is 4.64. The zero-order chi connectivity index (χ0) is 14.9. The summed E-state index contributed by atoms with van der Waals surface area (Å²) in [5.74, 6) is -0.173. The second kappa shape index (κ2) is 5.36. The second-order valence-corrected chi connectivity index (χ2v) is 5.22. The van der Waals surface area contributed by atoms with Gasteiger partial charge in [0.1, 0.15) is 17.6 Å². The van der Waals surface area contributed by atoms with E-state index in [9.17, 15) is 9.50 Å². The fourth-order valence-corrected chi connectivity index (χ4v) is 2.71. The molecule has 1 aliphatic heterocycles. The highest BCUT2D eigenvalue weighted by Crippen LogP contribution is 2.32. The Kier molecular flexibility index (Phi) is 3.54. The third kappa shape index (κ3) is 2.46. The van der Waals surface area contributed by atoms with Crippen LogP contribution in [0.1, 0.15) is 31.2 Å². The summed E-state index contributed by atoms with van der Waals surface area (Å²) < 4.78 is 14.4. The molecule has 112 valence electrons. The molecule has 3 rings (SSSR count). The Balaban J connectivity index is 1.90. The van der Waals surface area contributed by atoms with Crippen molar-refractivity contribution in [1.82, 2.24) is 25.4 Å². The molecule has 2 aromatic heterocycles. The van der Waals surface area contributed by atoms with Crippen LogP contribution in [-0.4, -0.2) is 43.6 Å². The van der Waals surface area contributed by atoms with Gasteiger partial charge in [0.25, 0.3) is 0 Å². The van der Waals surface area contributed by atoms with Crippen LogP contribution in [0.3, 0.4) is 0 Å². The van der Waals surface area contributed by atoms with Crippen molar-refractivity contribution in [3.8, 4) is 0 Å². The number of nitrogens with zero attached hydrogens (tertiary/aromatic N) is 5. The van der Waals surface area contributed by atoms with E-state index in [-0.39, 0.29) is 12.4 Å². The molecular weight excluding hydrogens is 275 g/mol. The maximum Gasteiger partial charge on any atom is 0.187 e. The molecule has 2 aromatic rings. The van der Waals surface area contributed by atoms with Crippen LogP contribution < -0.4 is 4.90 Å². The monoisotopic (exact) mass is 292 g/mol. The van der Waals surface area contributed by atoms with Crippen molar-refractivity contribution in [3.63, 3.8) is 0 Å². The second-order valence-electron chi connectivity index (χ2n) is 5.22. The first-order chi connectivity index (χ1) is 10.1. The molecule has 2 N–H and O–H groups in total. The van der Waals surface area contributed by atoms with E-state index in [1.165, 1.54) is 12.5 Å². The Labute approximate surface area is 121 Å². The van der Waals surface area contributed by atoms with Gasteiger partial charge in [0.05, 0.1) is 18.4 Å². The van der Waals surface area contributed by atoms with E-state index in [1.54, 1.807) is 4.90 Å². The van der Waals surface area contributed by atoms with Gasteiger partial charge >= 0.3 is 0 Å². The maximum atomic E-state index is 14.4. The lowest BCUT2D eigenvalue weighted by atomic mass is 9.90. The maximum absolute atomic E-state index is 14.4. The molecule has 0 aliphatic carbocycles. The zero-order valence-electron chi connectivity index (χ0n) is 11.8. The number of hydrogen-bond acceptors (Lipinski definition) is 6. The Hall–Kier alpha value is -2.09. The third-order valence-corrected chi connectivity index (χ3v) is 3.84. The van der Waals surface area contributed by atoms with E-state index in [0.717, 1.165) is 0 Å². The number of β-amino-alcohol motifs (C(OH)–C–C–N with tert-alkyl or cyclic N) is 1. The SMILES string of the molecule is CCc1ncnc(N2CCC[C@@](O)(c3cn[nH]n3)C2)c1F. The standard InChI is InChI=1S/C13H17FN6O/c1-2-9-11(14)12(16-8-15-9)20-5-3-4-13(21,7-20)10-6-17-19-18-10/h6,8,21H,2-5,7H2,1H3,(H,17,18,19)/t13-/m0/s1. The predicted molar refractivity (Wildman–Crippen MR) is 73.1 cm³/mol. The van der Waals surface area contributed by atoms with E-state index in [0.29, 0.717) is 37.2 Å². The molecule has 0 spiro atoms. The Morgan fingerprint density at radius 2 is 2.33 bits per heavy atom. The molecule has 1 aliphatic rings. The number of aromatic amines is 1. The van der Waals surface area contributed by atoms with Crippen molar-refractivity contribution in [2.45, 2.75) is 31.8 Å². The van der Waals surface area contributed by atoms with Crippen LogP contribution in [0.5, 0.6) is 0 Å². The summed E-state index contributed by atoms with van der Waals surface area (Å²) in [5, 5.41) is 20.9. The largest absolute Gasteiger partial charge is 0.382 e. The van der Waals surface area contributed by atoms with Gasteiger partial charge in [-0.3, -0.25) is 0 Å². The number of halogens is 1. The highest BCUT2D eigenvalue weighted by molar-refractivity contribution is 5.42. The molecular formula is C13H17FN6O. The van der Waals surface area contributed by atoms with E-state index in [4.69, 9.17) is 0 Å². The van der Waals surface area contributed by atoms with Gasteiger partial charge < -0.3 is 10.0 Å². The fraction of sp³-hybridized carbons (Fsp3) is 0.538. The summed E-state index contributed by atoms with van der Waals surface area (Å²) in [6, 6.07) is 0. The minimum Gasteiger partial charge on any atom is -0.382 e. The van der Waals surface area contributed by atoms with E-state index in [1.807, 2.05) is 6.92 Å². The highest BCUT2D eigenvalue weighted by Gasteiger charge is 2.38. The summed E-state index contributed by atoms with van der Waals surface area (Å²) in [4.78, 5) is 9.72. The van der Waals surface area contributed by atoms with Crippen LogP contribution >= 0.6 is 0 Å². The zero-order valence-corrected chi connectivity index (χ0v) is 11.8. The Morgan fingerprint density at radius 1 is 1.48 bits per heavy atom. The van der Waals surface area contributed by atoms with Crippen LogP contribution in [0, 0.1) is 5.82 Å². The first-order valence-corrected chi connectivity index (χ1v) is 6.97. The first-order valence-electron chi connectivity index (χ1n) is 6.97. The fourth-order valence-electron chi connectivity index (χ4n) is 2.71. The highest BCUT2D eigenvalue weighted by atomic mass is 19.1. The molecule has 1 fully saturated rings. The van der Waals surface area contributed by atoms with Crippen LogP contribution in [-0.2, 0) is 12.0 Å². The van der Waals surface area contributed by atoms with Crippen LogP contribution in [0.15, 0.2) is 12.5 Å². The first kappa shape index (κ1) is 13.9. The molecule has 1 atom stereocenters. The minimum atomic E-state index is -1.14. The predicted octanol–water partition coefficient (Wildman–Crippen LogP) is 0.784. The summed E-state index contributed by atoms with van der Waals surface area (Å²) in [5.41, 5.74) is -0.289. The normalized spacial score (nSPS) is 22.5. The van der Waals surface area contributed by atoms with Crippen molar-refractivity contribution >= 4 is 5.82 Å². The van der Waals surface area contributed by atoms with E-state index >= 15 is 0 Å². The molecule has 0 unspecified atom stereocenters. The van der Waals surface area contributed by atoms with Crippen molar-refractivity contribution in [3.05, 3.63) is 29.7 Å². The van der Waals surface area contributed by atoms with Crippen LogP contribution in [0.25, 0.3) is 0 Å². The average Bonchev–Trinajstić information content (AvgIpc) is 3.02. The number of aryl methyl sites for hydroxylation is 1. The minimum absolute atomic E-state index is 0.233. The quantitative estimate of drug-likeness (QED) is 0.869. The summed E-state index contributed by atoms with van der Waals surface area (Å²) >= 11 is 0. The number of rotatable bonds is 3. The Bertz CT molecular complexity index is 619. The summed E-state index contributed by atoms with van der Waals surface area (Å²) in [7, 11) is 0. The van der Waals surface area contributed by atoms with Gasteiger partial charge in [0, 0.05) is 6.54 Å². The van der Waals surface area contributed by atoms with Gasteiger partial charge in [-0.25, -0.2) is 14.4 Å². The van der Waals surface area contributed by atoms with Gasteiger partial charge in [-0.2, -0.15) is 15.4 Å². The van der Waals surface area contributed by atoms with Gasteiger partial charge in [-0.1, -0.05) is 6.92 Å². The van der Waals surface area contributed by atoms with Crippen molar-refractivity contribution < 1.29 is 9.50 Å². The van der Waals surface area contributed by atoms with Gasteiger partial charge in [-0.15, -0.1) is 0 Å². The topological polar surface area (TPSA) is 90.8 Å². The molecule has 1 saturated heterocycles. The lowest BCUT2D eigenvalue weighted by Crippen LogP contribution is -2.47. The molecule has 0 saturated carbocycles. The van der Waals surface area contributed by atoms with Crippen LogP contribution in [0.2, 0.25) is 0 Å². The number of piperidine rings is 1. The van der Waals surface area contributed by atoms with Crippen molar-refractivity contribution in [1.29, 1.82) is 0 Å². The molecule has 0 bridgehead atoms. The number of anilines is 1. The number of hydrogen-bond donors (Lipinski definition) is 2. The van der Waals surface area contributed by atoms with Gasteiger partial charge in [0.2, 0.25) is 0 Å². The number of aromatic nitrogens is 5. The molecule has 7 nitrogen and oxygen atoms in total. The lowest BCUT2D eigenvalue weighted by molar-refractivity contribution is 0.0173. The molecule has 0 amide bonds. The average molecular weight is 292 g/mol. The lowest BCUT2D eigenvalue weighted by Gasteiger charge is -2.38. The molecule has 0 radical (unpaired) electrons. The van der Waals surface area contributed by atoms with E-state index < -0.39 is 11.4 Å². The van der Waals surface area contributed by atoms with Gasteiger partial charge in [0.15, 0.2) is 11.6 Å². The molecule has 8 heteroatoms. The Morgan fingerprint density at radius 3 is 3.05 bits per heavy atom. The number of aliphatic hydroxyl groups is 1. The number of H-pyrrole nitrogens is 1.